The van der Waals surface area contributed by atoms with Gasteiger partial charge in [-0.3, -0.25) is 0 Å². The number of benzene rings is 3. The lowest BCUT2D eigenvalue weighted by molar-refractivity contribution is 0.273. The van der Waals surface area contributed by atoms with Crippen LogP contribution in [0.5, 0.6) is 5.75 Å². The van der Waals surface area contributed by atoms with Crippen LogP contribution in [0.15, 0.2) is 72.1 Å². The molecule has 5 aromatic rings. The van der Waals surface area contributed by atoms with E-state index in [1.165, 1.54) is 29.9 Å². The first kappa shape index (κ1) is 23.5. The lowest BCUT2D eigenvalue weighted by Gasteiger charge is -2.30. The van der Waals surface area contributed by atoms with Crippen LogP contribution in [0.1, 0.15) is 25.3 Å². The zero-order chi connectivity index (χ0) is 25.4. The first-order valence-corrected chi connectivity index (χ1v) is 13.2. The maximum atomic E-state index is 13.2. The normalized spacial score (nSPS) is 13.6. The maximum Gasteiger partial charge on any atom is 0.187 e. The quantitative estimate of drug-likeness (QED) is 0.219. The molecule has 2 heterocycles. The molecule has 0 saturated heterocycles. The number of hydrogen-bond acceptors (Lipinski definition) is 5. The van der Waals surface area contributed by atoms with Crippen molar-refractivity contribution in [3.05, 3.63) is 77.9 Å². The van der Waals surface area contributed by atoms with Gasteiger partial charge in [-0.05, 0) is 67.8 Å². The fourth-order valence-electron chi connectivity index (χ4n) is 4.80. The minimum Gasteiger partial charge on any atom is -0.491 e. The van der Waals surface area contributed by atoms with Gasteiger partial charge in [0.1, 0.15) is 24.8 Å². The summed E-state index contributed by atoms with van der Waals surface area (Å²) >= 11 is 1.50. The van der Waals surface area contributed by atoms with Gasteiger partial charge in [0, 0.05) is 39.7 Å². The number of nitrogens with zero attached hydrogens (tertiary/aromatic N) is 2. The van der Waals surface area contributed by atoms with E-state index in [4.69, 9.17) is 10.5 Å². The Morgan fingerprint density at radius 1 is 1.03 bits per heavy atom. The number of nitrogens with one attached hydrogen (secondary N) is 1. The molecule has 0 atom stereocenters. The highest BCUT2D eigenvalue weighted by molar-refractivity contribution is 7.14. The number of hydrogen-bond donors (Lipinski definition) is 2. The first-order valence-electron chi connectivity index (χ1n) is 12.3. The highest BCUT2D eigenvalue weighted by Gasteiger charge is 2.27. The molecule has 6 rings (SSSR count). The Balaban J connectivity index is 1.29. The molecule has 0 aliphatic heterocycles. The van der Waals surface area contributed by atoms with Crippen molar-refractivity contribution in [2.24, 2.45) is 0 Å². The molecule has 1 fully saturated rings. The second kappa shape index (κ2) is 9.86. The topological polar surface area (TPSA) is 65.1 Å². The van der Waals surface area contributed by atoms with Gasteiger partial charge in [-0.1, -0.05) is 12.1 Å². The lowest BCUT2D eigenvalue weighted by Crippen LogP contribution is -2.18. The van der Waals surface area contributed by atoms with Gasteiger partial charge >= 0.3 is 0 Å². The second-order valence-electron chi connectivity index (χ2n) is 9.18. The molecular weight excluding hydrogens is 490 g/mol. The van der Waals surface area contributed by atoms with Crippen molar-refractivity contribution in [1.29, 1.82) is 0 Å². The summed E-state index contributed by atoms with van der Waals surface area (Å²) < 4.78 is 33.8. The molecule has 3 aromatic carbocycles. The molecule has 0 bridgehead atoms. The highest BCUT2D eigenvalue weighted by Crippen LogP contribution is 2.45. The van der Waals surface area contributed by atoms with Gasteiger partial charge in [-0.15, -0.1) is 11.3 Å². The van der Waals surface area contributed by atoms with E-state index in [1.807, 2.05) is 35.7 Å². The van der Waals surface area contributed by atoms with Crippen LogP contribution in [-0.2, 0) is 0 Å². The number of rotatable bonds is 8. The van der Waals surface area contributed by atoms with Gasteiger partial charge in [0.15, 0.2) is 5.13 Å². The Morgan fingerprint density at radius 2 is 1.78 bits per heavy atom. The zero-order valence-electron chi connectivity index (χ0n) is 20.1. The van der Waals surface area contributed by atoms with E-state index in [-0.39, 0.29) is 12.4 Å². The number of aromatic nitrogens is 2. The zero-order valence-corrected chi connectivity index (χ0v) is 20.9. The number of thiazole rings is 1. The van der Waals surface area contributed by atoms with Crippen LogP contribution in [-0.4, -0.2) is 22.8 Å². The minimum atomic E-state index is -0.524. The summed E-state index contributed by atoms with van der Waals surface area (Å²) in [6, 6.07) is 20.7. The average molecular weight is 517 g/mol. The number of ether oxygens (including phenoxy) is 1. The molecule has 5 nitrogen and oxygen atoms in total. The van der Waals surface area contributed by atoms with Gasteiger partial charge in [-0.25, -0.2) is 13.8 Å². The number of anilines is 3. The van der Waals surface area contributed by atoms with Gasteiger partial charge in [0.05, 0.1) is 22.6 Å². The third-order valence-corrected chi connectivity index (χ3v) is 7.61. The van der Waals surface area contributed by atoms with Crippen molar-refractivity contribution in [3.8, 4) is 28.3 Å². The fraction of sp³-hybridized carbons (Fsp3) is 0.207. The Hall–Kier alpha value is -3.91. The van der Waals surface area contributed by atoms with Gasteiger partial charge in [0.25, 0.3) is 0 Å². The van der Waals surface area contributed by atoms with Crippen molar-refractivity contribution in [2.75, 3.05) is 24.3 Å². The molecule has 0 spiro atoms. The van der Waals surface area contributed by atoms with Crippen molar-refractivity contribution < 1.29 is 13.5 Å². The van der Waals surface area contributed by atoms with Gasteiger partial charge in [-0.2, -0.15) is 0 Å². The first-order chi connectivity index (χ1) is 18.1. The number of nitrogen functional groups attached to an aromatic ring is 1. The fourth-order valence-corrected chi connectivity index (χ4v) is 5.54. The third kappa shape index (κ3) is 4.53. The smallest absolute Gasteiger partial charge is 0.187 e. The molecule has 188 valence electrons. The van der Waals surface area contributed by atoms with Crippen LogP contribution in [0.3, 0.4) is 0 Å². The Labute approximate surface area is 217 Å². The molecule has 3 N–H and O–H groups in total. The summed E-state index contributed by atoms with van der Waals surface area (Å²) in [7, 11) is 0. The van der Waals surface area contributed by atoms with Crippen LogP contribution in [0.4, 0.5) is 25.3 Å². The Morgan fingerprint density at radius 3 is 2.49 bits per heavy atom. The summed E-state index contributed by atoms with van der Waals surface area (Å²) in [6.07, 6.45) is 3.40. The molecule has 37 heavy (non-hydrogen) atoms. The van der Waals surface area contributed by atoms with Crippen LogP contribution in [0.25, 0.3) is 33.4 Å². The number of alkyl halides is 1. The SMILES string of the molecule is Nc1c(-c2ccc(Nc3nc(-c4ccc(F)cc4)cs3)cc2)n(C2CCC2)c2cc(OCCF)ccc12. The van der Waals surface area contributed by atoms with Gasteiger partial charge in [0.2, 0.25) is 0 Å². The van der Waals surface area contributed by atoms with Gasteiger partial charge < -0.3 is 20.4 Å². The minimum absolute atomic E-state index is 0.0386. The average Bonchev–Trinajstić information content (AvgIpc) is 3.45. The van der Waals surface area contributed by atoms with E-state index in [0.717, 1.165) is 62.8 Å². The van der Waals surface area contributed by atoms with E-state index in [9.17, 15) is 8.78 Å². The summed E-state index contributed by atoms with van der Waals surface area (Å²) in [6.45, 7) is -0.485. The summed E-state index contributed by atoms with van der Waals surface area (Å²) in [5, 5.41) is 7.05. The number of fused-ring (bicyclic) bond motifs is 1. The van der Waals surface area contributed by atoms with E-state index >= 15 is 0 Å². The molecule has 1 aliphatic carbocycles. The van der Waals surface area contributed by atoms with Crippen molar-refractivity contribution in [1.82, 2.24) is 9.55 Å². The molecule has 0 amide bonds. The largest absolute Gasteiger partial charge is 0.491 e. The van der Waals surface area contributed by atoms with E-state index in [0.29, 0.717) is 11.8 Å². The molecular formula is C29H26F2N4OS. The number of nitrogens with two attached hydrogens (primary N) is 1. The van der Waals surface area contributed by atoms with Crippen molar-refractivity contribution >= 4 is 38.7 Å². The van der Waals surface area contributed by atoms with Crippen molar-refractivity contribution in [3.63, 3.8) is 0 Å². The standard InChI is InChI=1S/C29H26F2N4OS/c30-14-15-36-23-12-13-24-26(16-23)35(22-2-1-3-22)28(27(24)32)19-6-10-21(11-7-19)33-29-34-25(17-37-29)18-4-8-20(31)9-5-18/h4-13,16-17,22H,1-3,14-15,32H2,(H,33,34). The Kier molecular flexibility index (Phi) is 6.26. The molecule has 2 aromatic heterocycles. The van der Waals surface area contributed by atoms with Crippen LogP contribution < -0.4 is 15.8 Å². The Bertz CT molecular complexity index is 1540. The monoisotopic (exact) mass is 516 g/mol. The second-order valence-corrected chi connectivity index (χ2v) is 10.0. The van der Waals surface area contributed by atoms with Crippen LogP contribution in [0.2, 0.25) is 0 Å². The summed E-state index contributed by atoms with van der Waals surface area (Å²) in [5.74, 6) is 0.387. The van der Waals surface area contributed by atoms with Crippen LogP contribution >= 0.6 is 11.3 Å². The van der Waals surface area contributed by atoms with Crippen LogP contribution in [0, 0.1) is 5.82 Å². The summed E-state index contributed by atoms with van der Waals surface area (Å²) in [5.41, 5.74) is 13.1. The lowest BCUT2D eigenvalue weighted by atomic mass is 9.92. The molecule has 1 aliphatic rings. The number of halogens is 2. The third-order valence-electron chi connectivity index (χ3n) is 6.85. The summed E-state index contributed by atoms with van der Waals surface area (Å²) in [4.78, 5) is 4.64. The maximum absolute atomic E-state index is 13.2. The molecule has 0 radical (unpaired) electrons. The van der Waals surface area contributed by atoms with E-state index < -0.39 is 6.67 Å². The van der Waals surface area contributed by atoms with E-state index in [1.54, 1.807) is 12.1 Å². The molecule has 8 heteroatoms. The highest BCUT2D eigenvalue weighted by atomic mass is 32.1. The molecule has 1 saturated carbocycles. The van der Waals surface area contributed by atoms with Crippen molar-refractivity contribution in [2.45, 2.75) is 25.3 Å². The molecule has 0 unspecified atom stereocenters. The predicted molar refractivity (Wildman–Crippen MR) is 147 cm³/mol. The van der Waals surface area contributed by atoms with E-state index in [2.05, 4.69) is 27.0 Å². The predicted octanol–water partition coefficient (Wildman–Crippen LogP) is 7.97.